The van der Waals surface area contributed by atoms with Crippen LogP contribution in [0.4, 0.5) is 14.9 Å². The number of amides is 4. The van der Waals surface area contributed by atoms with Gasteiger partial charge in [-0.25, -0.2) is 14.1 Å². The largest absolute Gasteiger partial charge is 0.332 e. The quantitative estimate of drug-likeness (QED) is 0.688. The number of hydrogen-bond acceptors (Lipinski definition) is 3. The molecule has 1 N–H and O–H groups in total. The number of carbonyl (C=O) groups excluding carboxylic acids is 3. The number of hydrogen-bond donors (Lipinski definition) is 1. The highest BCUT2D eigenvalue weighted by Gasteiger charge is 2.50. The fraction of sp³-hybridized carbons (Fsp3) is 0.160. The Morgan fingerprint density at radius 2 is 1.53 bits per heavy atom. The molecule has 2 fully saturated rings. The summed E-state index contributed by atoms with van der Waals surface area (Å²) < 4.78 is 13.3. The molecule has 3 aromatic rings. The van der Waals surface area contributed by atoms with Crippen LogP contribution in [-0.2, 0) is 4.79 Å². The highest BCUT2D eigenvalue weighted by atomic mass is 19.1. The fourth-order valence-corrected chi connectivity index (χ4v) is 4.37. The van der Waals surface area contributed by atoms with Crippen LogP contribution in [0.25, 0.3) is 11.1 Å². The number of imide groups is 1. The van der Waals surface area contributed by atoms with Gasteiger partial charge in [0.2, 0.25) is 0 Å². The number of rotatable bonds is 3. The molecule has 5 rings (SSSR count). The van der Waals surface area contributed by atoms with Crippen LogP contribution in [0.3, 0.4) is 0 Å². The minimum Gasteiger partial charge on any atom is -0.332 e. The molecule has 160 valence electrons. The Kier molecular flexibility index (Phi) is 4.93. The number of likely N-dealkylation sites (tertiary alicyclic amines) is 1. The summed E-state index contributed by atoms with van der Waals surface area (Å²) in [5.41, 5.74) is 2.78. The molecule has 6 nitrogen and oxygen atoms in total. The number of nitrogens with one attached hydrogen (secondary N) is 1. The summed E-state index contributed by atoms with van der Waals surface area (Å²) in [4.78, 5) is 41.6. The van der Waals surface area contributed by atoms with Crippen molar-refractivity contribution in [3.8, 4) is 11.1 Å². The molecule has 0 aromatic heterocycles. The molecule has 2 atom stereocenters. The van der Waals surface area contributed by atoms with Gasteiger partial charge in [0.25, 0.3) is 11.8 Å². The van der Waals surface area contributed by atoms with Crippen LogP contribution in [0.15, 0.2) is 78.9 Å². The summed E-state index contributed by atoms with van der Waals surface area (Å²) in [5.74, 6) is -1.22. The van der Waals surface area contributed by atoms with Crippen LogP contribution in [0.1, 0.15) is 16.8 Å². The maximum atomic E-state index is 13.3. The van der Waals surface area contributed by atoms with Crippen LogP contribution in [-0.4, -0.2) is 41.4 Å². The summed E-state index contributed by atoms with van der Waals surface area (Å²) in [6.45, 7) is 0.359. The molecule has 7 heteroatoms. The molecule has 32 heavy (non-hydrogen) atoms. The maximum Gasteiger partial charge on any atom is 0.329 e. The Bertz CT molecular complexity index is 1180. The first kappa shape index (κ1) is 19.9. The second kappa shape index (κ2) is 7.92. The van der Waals surface area contributed by atoms with Crippen LogP contribution in [0.5, 0.6) is 0 Å². The van der Waals surface area contributed by atoms with E-state index in [2.05, 4.69) is 5.32 Å². The number of halogens is 1. The van der Waals surface area contributed by atoms with E-state index in [0.29, 0.717) is 18.5 Å². The zero-order chi connectivity index (χ0) is 22.2. The Hall–Kier alpha value is -4.00. The van der Waals surface area contributed by atoms with E-state index in [1.807, 2.05) is 42.5 Å². The number of benzene rings is 3. The van der Waals surface area contributed by atoms with Gasteiger partial charge in [-0.2, -0.15) is 0 Å². The van der Waals surface area contributed by atoms with Crippen LogP contribution < -0.4 is 10.2 Å². The highest BCUT2D eigenvalue weighted by molar-refractivity contribution is 6.19. The zero-order valence-corrected chi connectivity index (χ0v) is 17.1. The first-order valence-corrected chi connectivity index (χ1v) is 10.4. The van der Waals surface area contributed by atoms with E-state index in [-0.39, 0.29) is 11.6 Å². The van der Waals surface area contributed by atoms with E-state index in [1.165, 1.54) is 29.2 Å². The summed E-state index contributed by atoms with van der Waals surface area (Å²) in [7, 11) is 0. The number of carbonyl (C=O) groups is 3. The molecule has 2 aliphatic rings. The van der Waals surface area contributed by atoms with Gasteiger partial charge in [0.15, 0.2) is 0 Å². The molecule has 2 aliphatic heterocycles. The first-order valence-electron chi connectivity index (χ1n) is 10.4. The van der Waals surface area contributed by atoms with Crippen molar-refractivity contribution in [1.29, 1.82) is 0 Å². The van der Waals surface area contributed by atoms with Crippen molar-refractivity contribution in [2.45, 2.75) is 18.5 Å². The normalized spacial score (nSPS) is 20.2. The number of fused-ring (bicyclic) bond motifs is 1. The van der Waals surface area contributed by atoms with Crippen molar-refractivity contribution in [3.63, 3.8) is 0 Å². The Morgan fingerprint density at radius 3 is 2.22 bits per heavy atom. The van der Waals surface area contributed by atoms with E-state index in [0.717, 1.165) is 16.0 Å². The first-order chi connectivity index (χ1) is 15.5. The van der Waals surface area contributed by atoms with Crippen molar-refractivity contribution >= 4 is 23.5 Å². The lowest BCUT2D eigenvalue weighted by molar-refractivity contribution is -0.122. The van der Waals surface area contributed by atoms with Gasteiger partial charge in [-0.1, -0.05) is 42.5 Å². The lowest BCUT2D eigenvalue weighted by atomic mass is 10.0. The van der Waals surface area contributed by atoms with E-state index < -0.39 is 29.8 Å². The van der Waals surface area contributed by atoms with Crippen molar-refractivity contribution in [3.05, 3.63) is 90.2 Å². The van der Waals surface area contributed by atoms with Crippen LogP contribution in [0.2, 0.25) is 0 Å². The fourth-order valence-electron chi connectivity index (χ4n) is 4.37. The van der Waals surface area contributed by atoms with Crippen LogP contribution in [0, 0.1) is 5.82 Å². The maximum absolute atomic E-state index is 13.3. The third kappa shape index (κ3) is 3.41. The summed E-state index contributed by atoms with van der Waals surface area (Å²) in [6.07, 6.45) is 0.493. The summed E-state index contributed by atoms with van der Waals surface area (Å²) in [6, 6.07) is 20.4. The number of nitrogens with zero attached hydrogens (tertiary/aromatic N) is 2. The van der Waals surface area contributed by atoms with Gasteiger partial charge in [-0.15, -0.1) is 0 Å². The van der Waals surface area contributed by atoms with Crippen molar-refractivity contribution in [2.24, 2.45) is 0 Å². The van der Waals surface area contributed by atoms with E-state index in [1.54, 1.807) is 12.1 Å². The molecule has 0 spiro atoms. The average Bonchev–Trinajstić information content (AvgIpc) is 3.24. The van der Waals surface area contributed by atoms with E-state index in [9.17, 15) is 18.8 Å². The molecule has 0 unspecified atom stereocenters. The van der Waals surface area contributed by atoms with Gasteiger partial charge in [-0.05, 0) is 53.9 Å². The second-order valence-electron chi connectivity index (χ2n) is 7.88. The minimum atomic E-state index is -0.806. The molecule has 3 aromatic carbocycles. The smallest absolute Gasteiger partial charge is 0.329 e. The highest BCUT2D eigenvalue weighted by Crippen LogP contribution is 2.29. The van der Waals surface area contributed by atoms with Gasteiger partial charge in [0, 0.05) is 12.1 Å². The number of anilines is 1. The van der Waals surface area contributed by atoms with Gasteiger partial charge in [-0.3, -0.25) is 9.59 Å². The minimum absolute atomic E-state index is 0.263. The molecule has 0 bridgehead atoms. The molecular weight excluding hydrogens is 409 g/mol. The summed E-state index contributed by atoms with van der Waals surface area (Å²) >= 11 is 0. The average molecular weight is 429 g/mol. The predicted molar refractivity (Wildman–Crippen MR) is 118 cm³/mol. The van der Waals surface area contributed by atoms with E-state index in [4.69, 9.17) is 0 Å². The molecule has 0 radical (unpaired) electrons. The molecule has 2 heterocycles. The zero-order valence-electron chi connectivity index (χ0n) is 17.1. The Balaban J connectivity index is 1.40. The SMILES string of the molecule is O=C1N[C@H]2CCN(C(=O)c3ccc(-c4ccccc4)cc3)[C@@H]2C(=O)N1c1ccc(F)cc1. The third-order valence-corrected chi connectivity index (χ3v) is 5.97. The monoisotopic (exact) mass is 429 g/mol. The molecule has 0 aliphatic carbocycles. The van der Waals surface area contributed by atoms with Crippen molar-refractivity contribution < 1.29 is 18.8 Å². The topological polar surface area (TPSA) is 69.7 Å². The Labute approximate surface area is 184 Å². The molecule has 4 amide bonds. The van der Waals surface area contributed by atoms with Gasteiger partial charge < -0.3 is 10.2 Å². The predicted octanol–water partition coefficient (Wildman–Crippen LogP) is 3.83. The van der Waals surface area contributed by atoms with Crippen molar-refractivity contribution in [1.82, 2.24) is 10.2 Å². The number of urea groups is 1. The van der Waals surface area contributed by atoms with Gasteiger partial charge in [0.05, 0.1) is 11.7 Å². The summed E-state index contributed by atoms with van der Waals surface area (Å²) in [5, 5.41) is 2.82. The standard InChI is InChI=1S/C25H20FN3O3/c26-19-10-12-20(13-11-19)29-24(31)22-21(27-25(29)32)14-15-28(22)23(30)18-8-6-17(7-9-18)16-4-2-1-3-5-16/h1-13,21-22H,14-15H2,(H,27,32)/t21-,22-/m0/s1. The second-order valence-corrected chi connectivity index (χ2v) is 7.88. The third-order valence-electron chi connectivity index (χ3n) is 5.97. The van der Waals surface area contributed by atoms with Gasteiger partial charge in [0.1, 0.15) is 11.9 Å². The van der Waals surface area contributed by atoms with Crippen molar-refractivity contribution in [2.75, 3.05) is 11.4 Å². The molecular formula is C25H20FN3O3. The van der Waals surface area contributed by atoms with Gasteiger partial charge >= 0.3 is 6.03 Å². The lowest BCUT2D eigenvalue weighted by Crippen LogP contribution is -2.65. The molecule has 0 saturated carbocycles. The lowest BCUT2D eigenvalue weighted by Gasteiger charge is -2.36. The Morgan fingerprint density at radius 1 is 0.875 bits per heavy atom. The molecule has 2 saturated heterocycles. The van der Waals surface area contributed by atoms with E-state index >= 15 is 0 Å². The van der Waals surface area contributed by atoms with Crippen LogP contribution >= 0.6 is 0 Å².